The summed E-state index contributed by atoms with van der Waals surface area (Å²) in [6, 6.07) is 22.4. The number of amides is 2. The maximum absolute atomic E-state index is 13.9. The molecular formula is C28H33N3O6S. The Labute approximate surface area is 224 Å². The SMILES string of the molecule is CNC(=O)[C@@H](Cc1ccccc1)N(Cc1ccccc1)C(=O)CN(c1ccc(OC)cc1OC)S(C)(=O)=O. The largest absolute Gasteiger partial charge is 0.497 e. The maximum atomic E-state index is 13.9. The van der Waals surface area contributed by atoms with Gasteiger partial charge in [-0.3, -0.25) is 13.9 Å². The summed E-state index contributed by atoms with van der Waals surface area (Å²) < 4.78 is 37.4. The summed E-state index contributed by atoms with van der Waals surface area (Å²) in [5.41, 5.74) is 1.85. The molecule has 2 amide bonds. The third-order valence-corrected chi connectivity index (χ3v) is 7.17. The van der Waals surface area contributed by atoms with Gasteiger partial charge in [0.1, 0.15) is 24.1 Å². The Balaban J connectivity index is 2.04. The molecule has 0 radical (unpaired) electrons. The number of hydrogen-bond acceptors (Lipinski definition) is 6. The molecule has 0 fully saturated rings. The summed E-state index contributed by atoms with van der Waals surface area (Å²) in [6.07, 6.45) is 1.27. The van der Waals surface area contributed by atoms with E-state index in [0.717, 1.165) is 21.7 Å². The lowest BCUT2D eigenvalue weighted by Gasteiger charge is -2.33. The molecule has 0 saturated heterocycles. The second kappa shape index (κ2) is 13.0. The fourth-order valence-corrected chi connectivity index (χ4v) is 4.94. The molecule has 0 unspecified atom stereocenters. The molecule has 0 spiro atoms. The second-order valence-electron chi connectivity index (χ2n) is 8.63. The van der Waals surface area contributed by atoms with E-state index in [0.29, 0.717) is 5.75 Å². The first-order valence-electron chi connectivity index (χ1n) is 12.0. The molecule has 38 heavy (non-hydrogen) atoms. The monoisotopic (exact) mass is 539 g/mol. The minimum absolute atomic E-state index is 0.113. The molecule has 0 aliphatic carbocycles. The molecule has 3 aromatic rings. The van der Waals surface area contributed by atoms with E-state index < -0.39 is 28.5 Å². The van der Waals surface area contributed by atoms with Crippen molar-refractivity contribution in [2.75, 3.05) is 38.4 Å². The van der Waals surface area contributed by atoms with Gasteiger partial charge < -0.3 is 19.7 Å². The molecule has 10 heteroatoms. The number of rotatable bonds is 12. The van der Waals surface area contributed by atoms with Crippen LogP contribution in [0.4, 0.5) is 5.69 Å². The van der Waals surface area contributed by atoms with Crippen LogP contribution in [-0.4, -0.2) is 65.2 Å². The average molecular weight is 540 g/mol. The number of carbonyl (C=O) groups excluding carboxylic acids is 2. The number of carbonyl (C=O) groups is 2. The summed E-state index contributed by atoms with van der Waals surface area (Å²) in [4.78, 5) is 28.5. The molecule has 1 N–H and O–H groups in total. The standard InChI is InChI=1S/C28H33N3O6S/c1-29-28(33)25(17-21-11-7-5-8-12-21)30(19-22-13-9-6-10-14-22)27(32)20-31(38(4,34)35)24-16-15-23(36-2)18-26(24)37-3/h5-16,18,25H,17,19-20H2,1-4H3,(H,29,33)/t25-/m1/s1. The van der Waals surface area contributed by atoms with Crippen LogP contribution in [0.15, 0.2) is 78.9 Å². The Morgan fingerprint density at radius 3 is 2.03 bits per heavy atom. The van der Waals surface area contributed by atoms with Crippen LogP contribution >= 0.6 is 0 Å². The zero-order chi connectivity index (χ0) is 27.7. The summed E-state index contributed by atoms with van der Waals surface area (Å²) in [5, 5.41) is 2.65. The molecule has 0 heterocycles. The van der Waals surface area contributed by atoms with Crippen LogP contribution < -0.4 is 19.1 Å². The van der Waals surface area contributed by atoms with Crippen molar-refractivity contribution in [2.24, 2.45) is 0 Å². The number of anilines is 1. The summed E-state index contributed by atoms with van der Waals surface area (Å²) in [6.45, 7) is -0.418. The molecule has 0 aliphatic heterocycles. The molecule has 3 rings (SSSR count). The minimum Gasteiger partial charge on any atom is -0.497 e. The van der Waals surface area contributed by atoms with Gasteiger partial charge in [0, 0.05) is 26.1 Å². The van der Waals surface area contributed by atoms with Crippen LogP contribution in [0.25, 0.3) is 0 Å². The zero-order valence-corrected chi connectivity index (χ0v) is 22.8. The summed E-state index contributed by atoms with van der Waals surface area (Å²) >= 11 is 0. The molecule has 0 aliphatic rings. The third kappa shape index (κ3) is 7.25. The van der Waals surface area contributed by atoms with E-state index in [9.17, 15) is 18.0 Å². The predicted molar refractivity (Wildman–Crippen MR) is 147 cm³/mol. The Morgan fingerprint density at radius 2 is 1.50 bits per heavy atom. The van der Waals surface area contributed by atoms with E-state index >= 15 is 0 Å². The van der Waals surface area contributed by atoms with Crippen molar-refractivity contribution in [1.29, 1.82) is 0 Å². The fraction of sp³-hybridized carbons (Fsp3) is 0.286. The van der Waals surface area contributed by atoms with Gasteiger partial charge in [0.2, 0.25) is 21.8 Å². The molecular weight excluding hydrogens is 506 g/mol. The number of nitrogens with zero attached hydrogens (tertiary/aromatic N) is 2. The normalized spacial score (nSPS) is 11.8. The van der Waals surface area contributed by atoms with Gasteiger partial charge >= 0.3 is 0 Å². The van der Waals surface area contributed by atoms with Crippen molar-refractivity contribution in [2.45, 2.75) is 19.0 Å². The number of ether oxygens (including phenoxy) is 2. The maximum Gasteiger partial charge on any atom is 0.244 e. The van der Waals surface area contributed by atoms with E-state index in [2.05, 4.69) is 5.32 Å². The highest BCUT2D eigenvalue weighted by atomic mass is 32.2. The Hall–Kier alpha value is -4.05. The van der Waals surface area contributed by atoms with E-state index in [1.807, 2.05) is 60.7 Å². The Morgan fingerprint density at radius 1 is 0.895 bits per heavy atom. The Bertz CT molecular complexity index is 1330. The summed E-state index contributed by atoms with van der Waals surface area (Å²) in [7, 11) is 0.485. The molecule has 1 atom stereocenters. The highest BCUT2D eigenvalue weighted by Crippen LogP contribution is 2.33. The van der Waals surface area contributed by atoms with E-state index in [4.69, 9.17) is 9.47 Å². The first-order chi connectivity index (χ1) is 18.2. The third-order valence-electron chi connectivity index (χ3n) is 6.05. The first kappa shape index (κ1) is 28.5. The van der Waals surface area contributed by atoms with Gasteiger partial charge in [0.05, 0.1) is 26.2 Å². The molecule has 0 aromatic heterocycles. The number of nitrogens with one attached hydrogen (secondary N) is 1. The van der Waals surface area contributed by atoms with Crippen LogP contribution in [0.3, 0.4) is 0 Å². The van der Waals surface area contributed by atoms with E-state index in [1.54, 1.807) is 12.1 Å². The van der Waals surface area contributed by atoms with Crippen LogP contribution in [-0.2, 0) is 32.6 Å². The van der Waals surface area contributed by atoms with Gasteiger partial charge in [-0.1, -0.05) is 60.7 Å². The lowest BCUT2D eigenvalue weighted by Crippen LogP contribution is -2.52. The van der Waals surface area contributed by atoms with Crippen molar-refractivity contribution in [3.8, 4) is 11.5 Å². The van der Waals surface area contributed by atoms with Gasteiger partial charge in [0.25, 0.3) is 0 Å². The van der Waals surface area contributed by atoms with Crippen molar-refractivity contribution >= 4 is 27.5 Å². The fourth-order valence-electron chi connectivity index (χ4n) is 4.09. The summed E-state index contributed by atoms with van der Waals surface area (Å²) in [5.74, 6) is -0.198. The predicted octanol–water partition coefficient (Wildman–Crippen LogP) is 2.86. The topological polar surface area (TPSA) is 105 Å². The highest BCUT2D eigenvalue weighted by Gasteiger charge is 2.33. The van der Waals surface area contributed by atoms with Gasteiger partial charge in [-0.05, 0) is 23.3 Å². The van der Waals surface area contributed by atoms with Crippen LogP contribution in [0.2, 0.25) is 0 Å². The number of likely N-dealkylation sites (N-methyl/N-ethyl adjacent to an activating group) is 1. The van der Waals surface area contributed by atoms with Crippen molar-refractivity contribution < 1.29 is 27.5 Å². The first-order valence-corrected chi connectivity index (χ1v) is 13.8. The minimum atomic E-state index is -3.92. The van der Waals surface area contributed by atoms with Crippen molar-refractivity contribution in [1.82, 2.24) is 10.2 Å². The van der Waals surface area contributed by atoms with Gasteiger partial charge in [0.15, 0.2) is 0 Å². The van der Waals surface area contributed by atoms with Crippen LogP contribution in [0.1, 0.15) is 11.1 Å². The van der Waals surface area contributed by atoms with Gasteiger partial charge in [-0.15, -0.1) is 0 Å². The van der Waals surface area contributed by atoms with Gasteiger partial charge in [-0.25, -0.2) is 8.42 Å². The lowest BCUT2D eigenvalue weighted by molar-refractivity contribution is -0.139. The number of hydrogen-bond donors (Lipinski definition) is 1. The smallest absolute Gasteiger partial charge is 0.244 e. The second-order valence-corrected chi connectivity index (χ2v) is 10.5. The lowest BCUT2D eigenvalue weighted by atomic mass is 10.0. The van der Waals surface area contributed by atoms with E-state index in [-0.39, 0.29) is 30.3 Å². The Kier molecular flexibility index (Phi) is 9.72. The molecule has 9 nitrogen and oxygen atoms in total. The van der Waals surface area contributed by atoms with Gasteiger partial charge in [-0.2, -0.15) is 0 Å². The van der Waals surface area contributed by atoms with Crippen molar-refractivity contribution in [3.63, 3.8) is 0 Å². The number of methoxy groups -OCH3 is 2. The molecule has 0 saturated carbocycles. The molecule has 202 valence electrons. The highest BCUT2D eigenvalue weighted by molar-refractivity contribution is 7.92. The van der Waals surface area contributed by atoms with Crippen molar-refractivity contribution in [3.05, 3.63) is 90.0 Å². The van der Waals surface area contributed by atoms with E-state index in [1.165, 1.54) is 32.2 Å². The quantitative estimate of drug-likeness (QED) is 0.380. The number of sulfonamides is 1. The molecule has 3 aromatic carbocycles. The zero-order valence-electron chi connectivity index (χ0n) is 22.0. The average Bonchev–Trinajstić information content (AvgIpc) is 2.93. The number of benzene rings is 3. The molecule has 0 bridgehead atoms. The van der Waals surface area contributed by atoms with Crippen LogP contribution in [0.5, 0.6) is 11.5 Å². The van der Waals surface area contributed by atoms with Crippen LogP contribution in [0, 0.1) is 0 Å².